The number of nitrogens with one attached hydrogen (secondary N) is 1. The maximum absolute atomic E-state index is 11.8. The first-order valence-electron chi connectivity index (χ1n) is 7.72. The first-order chi connectivity index (χ1) is 10.2. The zero-order valence-electron chi connectivity index (χ0n) is 12.7. The Morgan fingerprint density at radius 1 is 1.29 bits per heavy atom. The van der Waals surface area contributed by atoms with Gasteiger partial charge in [0.1, 0.15) is 0 Å². The molecule has 0 aliphatic carbocycles. The third-order valence-corrected chi connectivity index (χ3v) is 4.02. The van der Waals surface area contributed by atoms with Gasteiger partial charge < -0.3 is 14.6 Å². The number of ether oxygens (including phenoxy) is 1. The standard InChI is InChI=1S/C17H22N2O2/c1-3-5-19-11-14(8-17(20)21-4-2)15-6-12-9-18-10-13(12)7-16(15)19/h6-7,11,18H,3-5,8-10H2,1-2H3. The second-order valence-corrected chi connectivity index (χ2v) is 5.57. The van der Waals surface area contributed by atoms with E-state index in [1.165, 1.54) is 22.0 Å². The molecule has 0 bridgehead atoms. The molecule has 1 aliphatic rings. The van der Waals surface area contributed by atoms with E-state index in [0.29, 0.717) is 13.0 Å². The smallest absolute Gasteiger partial charge is 0.310 e. The van der Waals surface area contributed by atoms with Gasteiger partial charge in [-0.25, -0.2) is 0 Å². The maximum atomic E-state index is 11.8. The fourth-order valence-electron chi connectivity index (χ4n) is 3.09. The van der Waals surface area contributed by atoms with Gasteiger partial charge in [0.05, 0.1) is 13.0 Å². The molecule has 0 fully saturated rings. The molecule has 0 unspecified atom stereocenters. The van der Waals surface area contributed by atoms with Gasteiger partial charge in [-0.05, 0) is 42.2 Å². The van der Waals surface area contributed by atoms with Crippen molar-refractivity contribution in [2.24, 2.45) is 0 Å². The SMILES string of the molecule is CCCn1cc(CC(=O)OCC)c2cc3c(cc21)CNC3. The maximum Gasteiger partial charge on any atom is 0.310 e. The number of aromatic nitrogens is 1. The van der Waals surface area contributed by atoms with Gasteiger partial charge in [-0.15, -0.1) is 0 Å². The number of benzene rings is 1. The van der Waals surface area contributed by atoms with Crippen molar-refractivity contribution in [1.29, 1.82) is 0 Å². The average molecular weight is 286 g/mol. The number of carbonyl (C=O) groups is 1. The molecule has 112 valence electrons. The summed E-state index contributed by atoms with van der Waals surface area (Å²) >= 11 is 0. The Kier molecular flexibility index (Phi) is 3.97. The molecule has 0 radical (unpaired) electrons. The molecule has 0 saturated carbocycles. The molecular formula is C17H22N2O2. The lowest BCUT2D eigenvalue weighted by molar-refractivity contribution is -0.142. The number of fused-ring (bicyclic) bond motifs is 2. The number of nitrogens with zero attached hydrogens (tertiary/aromatic N) is 1. The third-order valence-electron chi connectivity index (χ3n) is 4.02. The first kappa shape index (κ1) is 14.1. The van der Waals surface area contributed by atoms with Gasteiger partial charge in [-0.2, -0.15) is 0 Å². The lowest BCUT2D eigenvalue weighted by atomic mass is 10.0. The molecule has 0 amide bonds. The van der Waals surface area contributed by atoms with Crippen LogP contribution in [0.25, 0.3) is 10.9 Å². The van der Waals surface area contributed by atoms with E-state index in [-0.39, 0.29) is 5.97 Å². The van der Waals surface area contributed by atoms with Crippen LogP contribution in [0.5, 0.6) is 0 Å². The number of carbonyl (C=O) groups excluding carboxylic acids is 1. The van der Waals surface area contributed by atoms with Crippen LogP contribution in [0.4, 0.5) is 0 Å². The Balaban J connectivity index is 2.04. The Hall–Kier alpha value is -1.81. The van der Waals surface area contributed by atoms with Crippen molar-refractivity contribution < 1.29 is 9.53 Å². The van der Waals surface area contributed by atoms with Gasteiger partial charge in [0.2, 0.25) is 0 Å². The van der Waals surface area contributed by atoms with E-state index >= 15 is 0 Å². The van der Waals surface area contributed by atoms with Crippen LogP contribution in [-0.2, 0) is 35.6 Å². The van der Waals surface area contributed by atoms with Crippen molar-refractivity contribution in [2.75, 3.05) is 6.61 Å². The Morgan fingerprint density at radius 2 is 2.05 bits per heavy atom. The fourth-order valence-corrected chi connectivity index (χ4v) is 3.09. The lowest BCUT2D eigenvalue weighted by Gasteiger charge is -2.05. The van der Waals surface area contributed by atoms with Crippen LogP contribution in [0.1, 0.15) is 37.0 Å². The second-order valence-electron chi connectivity index (χ2n) is 5.57. The van der Waals surface area contributed by atoms with Gasteiger partial charge in [0, 0.05) is 36.7 Å². The van der Waals surface area contributed by atoms with Crippen molar-refractivity contribution >= 4 is 16.9 Å². The highest BCUT2D eigenvalue weighted by Crippen LogP contribution is 2.28. The van der Waals surface area contributed by atoms with E-state index in [4.69, 9.17) is 4.74 Å². The summed E-state index contributed by atoms with van der Waals surface area (Å²) in [4.78, 5) is 11.8. The zero-order chi connectivity index (χ0) is 14.8. The summed E-state index contributed by atoms with van der Waals surface area (Å²) in [5.41, 5.74) is 5.03. The van der Waals surface area contributed by atoms with Crippen LogP contribution in [-0.4, -0.2) is 17.1 Å². The van der Waals surface area contributed by atoms with E-state index in [0.717, 1.165) is 31.6 Å². The lowest BCUT2D eigenvalue weighted by Crippen LogP contribution is -2.07. The van der Waals surface area contributed by atoms with Crippen molar-refractivity contribution in [3.63, 3.8) is 0 Å². The highest BCUT2D eigenvalue weighted by molar-refractivity contribution is 5.89. The summed E-state index contributed by atoms with van der Waals surface area (Å²) in [6.45, 7) is 7.29. The molecule has 2 aromatic rings. The Labute approximate surface area is 125 Å². The van der Waals surface area contributed by atoms with Gasteiger partial charge >= 0.3 is 5.97 Å². The molecule has 1 aliphatic heterocycles. The van der Waals surface area contributed by atoms with Crippen LogP contribution in [0.15, 0.2) is 18.3 Å². The zero-order valence-corrected chi connectivity index (χ0v) is 12.7. The van der Waals surface area contributed by atoms with Gasteiger partial charge in [-0.1, -0.05) is 6.92 Å². The Bertz CT molecular complexity index is 673. The minimum Gasteiger partial charge on any atom is -0.466 e. The summed E-state index contributed by atoms with van der Waals surface area (Å²) in [7, 11) is 0. The van der Waals surface area contributed by atoms with Crippen LogP contribution >= 0.6 is 0 Å². The molecule has 0 spiro atoms. The van der Waals surface area contributed by atoms with Crippen LogP contribution in [0.3, 0.4) is 0 Å². The van der Waals surface area contributed by atoms with E-state index in [2.05, 4.69) is 35.1 Å². The highest BCUT2D eigenvalue weighted by atomic mass is 16.5. The molecule has 21 heavy (non-hydrogen) atoms. The number of aryl methyl sites for hydroxylation is 1. The topological polar surface area (TPSA) is 43.3 Å². The Morgan fingerprint density at radius 3 is 2.76 bits per heavy atom. The van der Waals surface area contributed by atoms with E-state index in [1.54, 1.807) is 0 Å². The normalized spacial score (nSPS) is 13.6. The van der Waals surface area contributed by atoms with Crippen LogP contribution < -0.4 is 5.32 Å². The molecule has 3 rings (SSSR count). The molecule has 0 atom stereocenters. The fraction of sp³-hybridized carbons (Fsp3) is 0.471. The van der Waals surface area contributed by atoms with Gasteiger partial charge in [0.15, 0.2) is 0 Å². The van der Waals surface area contributed by atoms with Gasteiger partial charge in [-0.3, -0.25) is 4.79 Å². The molecule has 1 N–H and O–H groups in total. The van der Waals surface area contributed by atoms with Crippen LogP contribution in [0.2, 0.25) is 0 Å². The number of esters is 1. The predicted octanol–water partition coefficient (Wildman–Crippen LogP) is 2.76. The summed E-state index contributed by atoms with van der Waals surface area (Å²) in [5.74, 6) is -0.147. The minimum absolute atomic E-state index is 0.147. The van der Waals surface area contributed by atoms with Crippen molar-refractivity contribution in [2.45, 2.75) is 46.3 Å². The van der Waals surface area contributed by atoms with Crippen LogP contribution in [0, 0.1) is 0 Å². The summed E-state index contributed by atoms with van der Waals surface area (Å²) in [5, 5.41) is 4.58. The largest absolute Gasteiger partial charge is 0.466 e. The van der Waals surface area contributed by atoms with E-state index < -0.39 is 0 Å². The monoisotopic (exact) mass is 286 g/mol. The molecular weight excluding hydrogens is 264 g/mol. The number of rotatable bonds is 5. The quantitative estimate of drug-likeness (QED) is 0.860. The number of hydrogen-bond acceptors (Lipinski definition) is 3. The summed E-state index contributed by atoms with van der Waals surface area (Å²) in [6.07, 6.45) is 3.55. The molecule has 0 saturated heterocycles. The van der Waals surface area contributed by atoms with Crippen molar-refractivity contribution in [3.05, 3.63) is 35.0 Å². The second kappa shape index (κ2) is 5.90. The summed E-state index contributed by atoms with van der Waals surface area (Å²) in [6, 6.07) is 4.51. The predicted molar refractivity (Wildman–Crippen MR) is 83.1 cm³/mol. The van der Waals surface area contributed by atoms with Gasteiger partial charge in [0.25, 0.3) is 0 Å². The highest BCUT2D eigenvalue weighted by Gasteiger charge is 2.17. The molecule has 2 heterocycles. The summed E-state index contributed by atoms with van der Waals surface area (Å²) < 4.78 is 7.36. The van der Waals surface area contributed by atoms with E-state index in [9.17, 15) is 4.79 Å². The average Bonchev–Trinajstić information content (AvgIpc) is 3.03. The molecule has 1 aromatic carbocycles. The number of hydrogen-bond donors (Lipinski definition) is 1. The van der Waals surface area contributed by atoms with Crippen molar-refractivity contribution in [1.82, 2.24) is 9.88 Å². The first-order valence-corrected chi connectivity index (χ1v) is 7.72. The van der Waals surface area contributed by atoms with Crippen molar-refractivity contribution in [3.8, 4) is 0 Å². The minimum atomic E-state index is -0.147. The van der Waals surface area contributed by atoms with E-state index in [1.807, 2.05) is 6.92 Å². The molecule has 4 heteroatoms. The third kappa shape index (κ3) is 2.68. The molecule has 1 aromatic heterocycles. The molecule has 4 nitrogen and oxygen atoms in total.